The molecule has 0 unspecified atom stereocenters. The van der Waals surface area contributed by atoms with Gasteiger partial charge in [-0.15, -0.1) is 0 Å². The lowest BCUT2D eigenvalue weighted by atomic mass is 9.58. The van der Waals surface area contributed by atoms with Gasteiger partial charge in [0.05, 0.1) is 17.5 Å². The van der Waals surface area contributed by atoms with Gasteiger partial charge in [-0.05, 0) is 62.5 Å². The zero-order chi connectivity index (χ0) is 18.5. The maximum absolute atomic E-state index is 13.6. The van der Waals surface area contributed by atoms with Crippen molar-refractivity contribution < 1.29 is 22.8 Å². The van der Waals surface area contributed by atoms with Gasteiger partial charge < -0.3 is 5.32 Å². The quantitative estimate of drug-likeness (QED) is 0.855. The summed E-state index contributed by atoms with van der Waals surface area (Å²) in [4.78, 5) is 28.9. The fourth-order valence-electron chi connectivity index (χ4n) is 5.07. The number of hydrogen-bond donors (Lipinski definition) is 1. The molecule has 0 radical (unpaired) electrons. The first-order valence-electron chi connectivity index (χ1n) is 9.25. The molecule has 0 saturated heterocycles. The molecule has 1 N–H and O–H groups in total. The van der Waals surface area contributed by atoms with Crippen LogP contribution in [0.4, 0.5) is 19.0 Å². The molecule has 26 heavy (non-hydrogen) atoms. The molecule has 140 valence electrons. The molecule has 2 bridgehead atoms. The second kappa shape index (κ2) is 6.35. The first-order valence-corrected chi connectivity index (χ1v) is 9.25. The van der Waals surface area contributed by atoms with Crippen molar-refractivity contribution in [1.29, 1.82) is 0 Å². The Morgan fingerprint density at radius 1 is 1.08 bits per heavy atom. The standard InChI is InChI=1S/C19H21F3N2O2/c20-19(21,22)17-11-6-4-10(5-7-11)16(17)18(26)24-15-9-8-12-13(23-15)2-1-3-14(12)25/h8-11,16-17H,1-7H2,(H,23,24,26)/t10?,11?,16-,17-/m0/s1. The molecular weight excluding hydrogens is 345 g/mol. The molecule has 0 aromatic carbocycles. The van der Waals surface area contributed by atoms with E-state index in [2.05, 4.69) is 10.3 Å². The van der Waals surface area contributed by atoms with E-state index in [1.54, 1.807) is 6.07 Å². The van der Waals surface area contributed by atoms with Crippen LogP contribution in [0.25, 0.3) is 0 Å². The van der Waals surface area contributed by atoms with Gasteiger partial charge >= 0.3 is 6.18 Å². The third kappa shape index (κ3) is 3.01. The maximum Gasteiger partial charge on any atom is 0.392 e. The van der Waals surface area contributed by atoms with E-state index in [0.717, 1.165) is 0 Å². The Hall–Kier alpha value is -1.92. The van der Waals surface area contributed by atoms with E-state index < -0.39 is 29.8 Å². The lowest BCUT2D eigenvalue weighted by Gasteiger charge is -2.48. The van der Waals surface area contributed by atoms with Crippen molar-refractivity contribution in [2.24, 2.45) is 23.7 Å². The molecule has 1 heterocycles. The minimum atomic E-state index is -4.36. The van der Waals surface area contributed by atoms with Crippen molar-refractivity contribution in [3.63, 3.8) is 0 Å². The Labute approximate surface area is 149 Å². The highest BCUT2D eigenvalue weighted by molar-refractivity contribution is 5.98. The predicted molar refractivity (Wildman–Crippen MR) is 88.6 cm³/mol. The number of Topliss-reactive ketones (excluding diaryl/α,β-unsaturated/α-hetero) is 1. The Morgan fingerprint density at radius 2 is 1.77 bits per heavy atom. The number of alkyl halides is 3. The van der Waals surface area contributed by atoms with Gasteiger partial charge in [0.1, 0.15) is 5.82 Å². The fraction of sp³-hybridized carbons (Fsp3) is 0.632. The number of nitrogens with one attached hydrogen (secondary N) is 1. The summed E-state index contributed by atoms with van der Waals surface area (Å²) in [7, 11) is 0. The van der Waals surface area contributed by atoms with Crippen molar-refractivity contribution in [2.45, 2.75) is 51.1 Å². The molecule has 3 saturated carbocycles. The van der Waals surface area contributed by atoms with E-state index in [9.17, 15) is 22.8 Å². The number of ketones is 1. The van der Waals surface area contributed by atoms with Crippen molar-refractivity contribution in [3.05, 3.63) is 23.4 Å². The Balaban J connectivity index is 1.56. The summed E-state index contributed by atoms with van der Waals surface area (Å²) in [5.41, 5.74) is 1.18. The predicted octanol–water partition coefficient (Wildman–Crippen LogP) is 4.15. The third-order valence-electron chi connectivity index (χ3n) is 6.24. The molecular formula is C19H21F3N2O2. The third-order valence-corrected chi connectivity index (χ3v) is 6.24. The first kappa shape index (κ1) is 17.5. The van der Waals surface area contributed by atoms with E-state index in [0.29, 0.717) is 56.2 Å². The van der Waals surface area contributed by atoms with Crippen molar-refractivity contribution >= 4 is 17.5 Å². The van der Waals surface area contributed by atoms with Crippen LogP contribution in [0.1, 0.15) is 54.6 Å². The summed E-state index contributed by atoms with van der Waals surface area (Å²) in [5, 5.41) is 2.60. The summed E-state index contributed by atoms with van der Waals surface area (Å²) < 4.78 is 40.7. The van der Waals surface area contributed by atoms with Gasteiger partial charge in [-0.1, -0.05) is 0 Å². The van der Waals surface area contributed by atoms with Gasteiger partial charge in [-0.3, -0.25) is 9.59 Å². The van der Waals surface area contributed by atoms with Crippen LogP contribution >= 0.6 is 0 Å². The summed E-state index contributed by atoms with van der Waals surface area (Å²) >= 11 is 0. The lowest BCUT2D eigenvalue weighted by molar-refractivity contribution is -0.227. The average molecular weight is 366 g/mol. The van der Waals surface area contributed by atoms with Crippen LogP contribution in [-0.4, -0.2) is 22.9 Å². The zero-order valence-corrected chi connectivity index (χ0v) is 14.3. The number of anilines is 1. The normalized spacial score (nSPS) is 30.8. The molecule has 3 fully saturated rings. The van der Waals surface area contributed by atoms with Gasteiger partial charge in [0.15, 0.2) is 5.78 Å². The number of carbonyl (C=O) groups is 2. The molecule has 4 aliphatic rings. The molecule has 1 aromatic rings. The number of aromatic nitrogens is 1. The molecule has 0 aliphatic heterocycles. The molecule has 0 spiro atoms. The van der Waals surface area contributed by atoms with Gasteiger partial charge in [0.25, 0.3) is 0 Å². The van der Waals surface area contributed by atoms with E-state index in [4.69, 9.17) is 0 Å². The van der Waals surface area contributed by atoms with Crippen LogP contribution in [0, 0.1) is 23.7 Å². The summed E-state index contributed by atoms with van der Waals surface area (Å²) in [6.07, 6.45) is -0.0539. The number of carbonyl (C=O) groups excluding carboxylic acids is 2. The van der Waals surface area contributed by atoms with Crippen LogP contribution < -0.4 is 5.32 Å². The molecule has 1 aromatic heterocycles. The smallest absolute Gasteiger partial charge is 0.310 e. The number of amides is 1. The van der Waals surface area contributed by atoms with E-state index in [1.807, 2.05) is 0 Å². The van der Waals surface area contributed by atoms with Crippen LogP contribution in [0.5, 0.6) is 0 Å². The fourth-order valence-corrected chi connectivity index (χ4v) is 5.07. The molecule has 4 aliphatic carbocycles. The molecule has 7 heteroatoms. The summed E-state index contributed by atoms with van der Waals surface area (Å²) in [6, 6.07) is 3.14. The van der Waals surface area contributed by atoms with Crippen LogP contribution in [0.15, 0.2) is 12.1 Å². The SMILES string of the molecule is O=C1CCCc2nc(NC(=O)[C@H]3C4CCC(CC4)[C@@H]3C(F)(F)F)ccc21. The number of halogens is 3. The van der Waals surface area contributed by atoms with E-state index >= 15 is 0 Å². The van der Waals surface area contributed by atoms with Gasteiger partial charge in [0, 0.05) is 12.0 Å². The van der Waals surface area contributed by atoms with Crippen molar-refractivity contribution in [2.75, 3.05) is 5.32 Å². The minimum Gasteiger partial charge on any atom is -0.310 e. The Morgan fingerprint density at radius 3 is 2.46 bits per heavy atom. The maximum atomic E-state index is 13.6. The van der Waals surface area contributed by atoms with E-state index in [-0.39, 0.29) is 17.5 Å². The average Bonchev–Trinajstić information content (AvgIpc) is 2.61. The number of nitrogens with zero attached hydrogens (tertiary/aromatic N) is 1. The second-order valence-electron chi connectivity index (χ2n) is 7.72. The Kier molecular flexibility index (Phi) is 4.28. The molecule has 4 nitrogen and oxygen atoms in total. The zero-order valence-electron chi connectivity index (χ0n) is 14.3. The number of pyridine rings is 1. The highest BCUT2D eigenvalue weighted by Gasteiger charge is 2.58. The van der Waals surface area contributed by atoms with Gasteiger partial charge in [-0.25, -0.2) is 4.98 Å². The van der Waals surface area contributed by atoms with Crippen LogP contribution in [0.2, 0.25) is 0 Å². The number of rotatable bonds is 2. The monoisotopic (exact) mass is 366 g/mol. The molecule has 1 amide bonds. The summed E-state index contributed by atoms with van der Waals surface area (Å²) in [5.74, 6) is -3.59. The number of fused-ring (bicyclic) bond motifs is 4. The molecule has 2 atom stereocenters. The first-order chi connectivity index (χ1) is 12.3. The van der Waals surface area contributed by atoms with Crippen LogP contribution in [0.3, 0.4) is 0 Å². The van der Waals surface area contributed by atoms with Gasteiger partial charge in [0.2, 0.25) is 5.91 Å². The highest BCUT2D eigenvalue weighted by Crippen LogP contribution is 2.54. The number of hydrogen-bond acceptors (Lipinski definition) is 3. The van der Waals surface area contributed by atoms with Crippen molar-refractivity contribution in [1.82, 2.24) is 4.98 Å². The largest absolute Gasteiger partial charge is 0.392 e. The Bertz CT molecular complexity index is 739. The topological polar surface area (TPSA) is 59.1 Å². The second-order valence-corrected chi connectivity index (χ2v) is 7.72. The van der Waals surface area contributed by atoms with Crippen molar-refractivity contribution in [3.8, 4) is 0 Å². The lowest BCUT2D eigenvalue weighted by Crippen LogP contribution is -2.51. The van der Waals surface area contributed by atoms with Crippen LogP contribution in [-0.2, 0) is 11.2 Å². The van der Waals surface area contributed by atoms with E-state index in [1.165, 1.54) is 6.07 Å². The van der Waals surface area contributed by atoms with Gasteiger partial charge in [-0.2, -0.15) is 13.2 Å². The highest BCUT2D eigenvalue weighted by atomic mass is 19.4. The minimum absolute atomic E-state index is 0.0263. The summed E-state index contributed by atoms with van der Waals surface area (Å²) in [6.45, 7) is 0. The number of aryl methyl sites for hydroxylation is 1. The molecule has 5 rings (SSSR count).